The van der Waals surface area contributed by atoms with Gasteiger partial charge >= 0.3 is 5.82 Å². The van der Waals surface area contributed by atoms with Gasteiger partial charge in [0.05, 0.1) is 35.3 Å². The van der Waals surface area contributed by atoms with Crippen LogP contribution in [0.15, 0.2) is 79.1 Å². The minimum Gasteiger partial charge on any atom is -0.358 e. The number of nitrogens with zero attached hydrogens (tertiary/aromatic N) is 5. The SMILES string of the molecule is O=C(CCn1ccc([N+](=O)[O-])n1)NCc1cn(-c2ccccc2)nc1-c1ccccc1. The average Bonchev–Trinajstić information content (AvgIpc) is 3.45. The summed E-state index contributed by atoms with van der Waals surface area (Å²) in [7, 11) is 0. The molecule has 2 aromatic heterocycles. The molecule has 2 aromatic carbocycles. The van der Waals surface area contributed by atoms with E-state index in [9.17, 15) is 14.9 Å². The highest BCUT2D eigenvalue weighted by atomic mass is 16.6. The fourth-order valence-electron chi connectivity index (χ4n) is 3.16. The van der Waals surface area contributed by atoms with E-state index in [-0.39, 0.29) is 24.7 Å². The molecule has 31 heavy (non-hydrogen) atoms. The van der Waals surface area contributed by atoms with Crippen LogP contribution in [0, 0.1) is 10.1 Å². The Morgan fingerprint density at radius 2 is 1.71 bits per heavy atom. The average molecular weight is 416 g/mol. The number of carbonyl (C=O) groups is 1. The zero-order valence-corrected chi connectivity index (χ0v) is 16.6. The summed E-state index contributed by atoms with van der Waals surface area (Å²) in [5.74, 6) is -0.411. The highest BCUT2D eigenvalue weighted by Gasteiger charge is 2.15. The van der Waals surface area contributed by atoms with Crippen LogP contribution < -0.4 is 5.32 Å². The Balaban J connectivity index is 1.46. The van der Waals surface area contributed by atoms with Crippen LogP contribution in [-0.2, 0) is 17.9 Å². The molecule has 0 aliphatic rings. The van der Waals surface area contributed by atoms with E-state index in [0.717, 1.165) is 22.5 Å². The number of para-hydroxylation sites is 1. The van der Waals surface area contributed by atoms with Crippen LogP contribution in [0.25, 0.3) is 16.9 Å². The summed E-state index contributed by atoms with van der Waals surface area (Å²) in [6.45, 7) is 0.573. The third-order valence-corrected chi connectivity index (χ3v) is 4.72. The van der Waals surface area contributed by atoms with Gasteiger partial charge in [-0.05, 0) is 17.1 Å². The zero-order chi connectivity index (χ0) is 21.6. The van der Waals surface area contributed by atoms with E-state index < -0.39 is 4.92 Å². The molecule has 0 fully saturated rings. The molecule has 0 atom stereocenters. The Morgan fingerprint density at radius 1 is 1.00 bits per heavy atom. The van der Waals surface area contributed by atoms with Crippen molar-refractivity contribution in [2.45, 2.75) is 19.5 Å². The molecule has 0 aliphatic carbocycles. The van der Waals surface area contributed by atoms with E-state index >= 15 is 0 Å². The zero-order valence-electron chi connectivity index (χ0n) is 16.6. The van der Waals surface area contributed by atoms with Crippen LogP contribution in [0.2, 0.25) is 0 Å². The van der Waals surface area contributed by atoms with Crippen LogP contribution in [0.1, 0.15) is 12.0 Å². The number of amides is 1. The second-order valence-electron chi connectivity index (χ2n) is 6.87. The quantitative estimate of drug-likeness (QED) is 0.350. The number of carbonyl (C=O) groups excluding carboxylic acids is 1. The Morgan fingerprint density at radius 3 is 2.39 bits per heavy atom. The van der Waals surface area contributed by atoms with Crippen molar-refractivity contribution in [3.8, 4) is 16.9 Å². The second kappa shape index (κ2) is 9.04. The number of aromatic nitrogens is 4. The lowest BCUT2D eigenvalue weighted by molar-refractivity contribution is -0.389. The van der Waals surface area contributed by atoms with Crippen molar-refractivity contribution in [2.75, 3.05) is 0 Å². The van der Waals surface area contributed by atoms with Crippen LogP contribution in [0.3, 0.4) is 0 Å². The first-order chi connectivity index (χ1) is 15.1. The van der Waals surface area contributed by atoms with Gasteiger partial charge in [0.25, 0.3) is 0 Å². The molecular formula is C22H20N6O3. The van der Waals surface area contributed by atoms with Gasteiger partial charge in [-0.2, -0.15) is 9.78 Å². The maximum atomic E-state index is 12.3. The number of aryl methyl sites for hydroxylation is 1. The van der Waals surface area contributed by atoms with E-state index in [1.807, 2.05) is 66.9 Å². The van der Waals surface area contributed by atoms with Crippen molar-refractivity contribution in [3.05, 3.63) is 94.8 Å². The predicted octanol–water partition coefficient (Wildman–Crippen LogP) is 3.35. The first-order valence-electron chi connectivity index (χ1n) is 9.74. The van der Waals surface area contributed by atoms with Gasteiger partial charge in [0.15, 0.2) is 0 Å². The first kappa shape index (κ1) is 20.0. The molecular weight excluding hydrogens is 396 g/mol. The van der Waals surface area contributed by atoms with E-state index in [0.29, 0.717) is 6.54 Å². The normalized spacial score (nSPS) is 10.7. The van der Waals surface area contributed by atoms with Gasteiger partial charge in [-0.1, -0.05) is 48.5 Å². The molecule has 2 heterocycles. The summed E-state index contributed by atoms with van der Waals surface area (Å²) in [5, 5.41) is 22.2. The van der Waals surface area contributed by atoms with E-state index in [1.54, 1.807) is 4.68 Å². The largest absolute Gasteiger partial charge is 0.389 e. The van der Waals surface area contributed by atoms with Gasteiger partial charge in [0.2, 0.25) is 5.91 Å². The summed E-state index contributed by atoms with van der Waals surface area (Å²) in [5.41, 5.74) is 3.58. The predicted molar refractivity (Wildman–Crippen MR) is 114 cm³/mol. The van der Waals surface area contributed by atoms with Crippen LogP contribution >= 0.6 is 0 Å². The summed E-state index contributed by atoms with van der Waals surface area (Å²) in [6, 6.07) is 20.9. The molecule has 156 valence electrons. The van der Waals surface area contributed by atoms with Gasteiger partial charge < -0.3 is 15.4 Å². The van der Waals surface area contributed by atoms with Gasteiger partial charge in [-0.3, -0.25) is 4.79 Å². The fourth-order valence-corrected chi connectivity index (χ4v) is 3.16. The number of nitro groups is 1. The molecule has 4 aromatic rings. The van der Waals surface area contributed by atoms with Gasteiger partial charge in [-0.15, -0.1) is 0 Å². The van der Waals surface area contributed by atoms with Crippen molar-refractivity contribution in [1.29, 1.82) is 0 Å². The van der Waals surface area contributed by atoms with E-state index in [2.05, 4.69) is 10.4 Å². The molecule has 9 heteroatoms. The minimum atomic E-state index is -0.563. The number of rotatable bonds is 8. The van der Waals surface area contributed by atoms with E-state index in [1.165, 1.54) is 16.9 Å². The third-order valence-electron chi connectivity index (χ3n) is 4.72. The Kier molecular flexibility index (Phi) is 5.84. The molecule has 1 N–H and O–H groups in total. The second-order valence-corrected chi connectivity index (χ2v) is 6.87. The molecule has 1 amide bonds. The van der Waals surface area contributed by atoms with Gasteiger partial charge in [-0.25, -0.2) is 4.68 Å². The fraction of sp³-hybridized carbons (Fsp3) is 0.136. The lowest BCUT2D eigenvalue weighted by Crippen LogP contribution is -2.24. The Bertz CT molecular complexity index is 1180. The van der Waals surface area contributed by atoms with Crippen molar-refractivity contribution < 1.29 is 9.72 Å². The molecule has 0 unspecified atom stereocenters. The van der Waals surface area contributed by atoms with Crippen LogP contribution in [0.4, 0.5) is 5.82 Å². The molecule has 0 aliphatic heterocycles. The summed E-state index contributed by atoms with van der Waals surface area (Å²) in [4.78, 5) is 22.5. The summed E-state index contributed by atoms with van der Waals surface area (Å²) < 4.78 is 3.19. The molecule has 0 saturated carbocycles. The maximum absolute atomic E-state index is 12.3. The van der Waals surface area contributed by atoms with Crippen molar-refractivity contribution in [1.82, 2.24) is 24.9 Å². The monoisotopic (exact) mass is 416 g/mol. The summed E-state index contributed by atoms with van der Waals surface area (Å²) >= 11 is 0. The lowest BCUT2D eigenvalue weighted by Gasteiger charge is -2.05. The Labute approximate surface area is 178 Å². The first-order valence-corrected chi connectivity index (χ1v) is 9.74. The highest BCUT2D eigenvalue weighted by Crippen LogP contribution is 2.23. The minimum absolute atomic E-state index is 0.159. The molecule has 4 rings (SSSR count). The highest BCUT2D eigenvalue weighted by molar-refractivity contribution is 5.76. The van der Waals surface area contributed by atoms with Crippen LogP contribution in [0.5, 0.6) is 0 Å². The van der Waals surface area contributed by atoms with Crippen LogP contribution in [-0.4, -0.2) is 30.4 Å². The topological polar surface area (TPSA) is 108 Å². The lowest BCUT2D eigenvalue weighted by atomic mass is 10.1. The number of hydrogen-bond acceptors (Lipinski definition) is 5. The molecule has 0 saturated heterocycles. The smallest absolute Gasteiger partial charge is 0.358 e. The molecule has 0 bridgehead atoms. The summed E-state index contributed by atoms with van der Waals surface area (Å²) in [6.07, 6.45) is 3.56. The molecule has 9 nitrogen and oxygen atoms in total. The number of benzene rings is 2. The van der Waals surface area contributed by atoms with Crippen molar-refractivity contribution in [3.63, 3.8) is 0 Å². The van der Waals surface area contributed by atoms with Crippen molar-refractivity contribution >= 4 is 11.7 Å². The molecule has 0 spiro atoms. The Hall–Kier alpha value is -4.27. The van der Waals surface area contributed by atoms with Gasteiger partial charge in [0.1, 0.15) is 0 Å². The number of hydrogen-bond donors (Lipinski definition) is 1. The standard InChI is InChI=1S/C22H20N6O3/c29-21(12-14-26-13-11-20(24-26)28(30)31)23-15-18-16-27(19-9-5-2-6-10-19)25-22(18)17-7-3-1-4-8-17/h1-11,13,16H,12,14-15H2,(H,23,29). The van der Waals surface area contributed by atoms with Crippen molar-refractivity contribution in [2.24, 2.45) is 0 Å². The molecule has 0 radical (unpaired) electrons. The van der Waals surface area contributed by atoms with E-state index in [4.69, 9.17) is 5.10 Å². The maximum Gasteiger partial charge on any atom is 0.389 e. The number of nitrogens with one attached hydrogen (secondary N) is 1. The third kappa shape index (κ3) is 4.84. The van der Waals surface area contributed by atoms with Gasteiger partial charge in [0, 0.05) is 30.3 Å².